The van der Waals surface area contributed by atoms with Gasteiger partial charge in [-0.15, -0.1) is 24.4 Å². The molecule has 1 aromatic carbocycles. The average molecular weight is 430 g/mol. The van der Waals surface area contributed by atoms with Crippen LogP contribution in [0.2, 0.25) is 0 Å². The van der Waals surface area contributed by atoms with Crippen LogP contribution >= 0.6 is 27.5 Å². The Morgan fingerprint density at radius 1 is 1.36 bits per heavy atom. The Hall–Kier alpha value is -2.23. The van der Waals surface area contributed by atoms with Gasteiger partial charge in [0.1, 0.15) is 5.75 Å². The summed E-state index contributed by atoms with van der Waals surface area (Å²) < 4.78 is 5.14. The highest BCUT2D eigenvalue weighted by molar-refractivity contribution is 9.09. The zero-order chi connectivity index (χ0) is 19.8. The van der Waals surface area contributed by atoms with Crippen molar-refractivity contribution in [3.05, 3.63) is 53.3 Å². The van der Waals surface area contributed by atoms with E-state index in [0.29, 0.717) is 16.8 Å². The molecule has 0 unspecified atom stereocenters. The van der Waals surface area contributed by atoms with E-state index in [9.17, 15) is 9.59 Å². The van der Waals surface area contributed by atoms with Crippen LogP contribution in [0.25, 0.3) is 0 Å². The highest BCUT2D eigenvalue weighted by atomic mass is 79.9. The lowest BCUT2D eigenvalue weighted by molar-refractivity contribution is 0.0964. The van der Waals surface area contributed by atoms with Crippen LogP contribution in [0.1, 0.15) is 27.6 Å². The summed E-state index contributed by atoms with van der Waals surface area (Å²) in [5.41, 5.74) is 6.37. The smallest absolute Gasteiger partial charge is 0.259 e. The van der Waals surface area contributed by atoms with Crippen molar-refractivity contribution in [2.24, 2.45) is 5.73 Å². The maximum Gasteiger partial charge on any atom is 0.259 e. The lowest BCUT2D eigenvalue weighted by Gasteiger charge is -2.11. The van der Waals surface area contributed by atoms with Crippen LogP contribution in [0.4, 0.5) is 0 Å². The quantitative estimate of drug-likeness (QED) is 0.413. The number of primary amides is 1. The van der Waals surface area contributed by atoms with Crippen molar-refractivity contribution in [1.82, 2.24) is 5.32 Å². The molecule has 0 saturated carbocycles. The Morgan fingerprint density at radius 2 is 1.96 bits per heavy atom. The van der Waals surface area contributed by atoms with Crippen LogP contribution < -0.4 is 15.8 Å². The molecule has 3 N–H and O–H groups in total. The molecule has 0 fully saturated rings. The van der Waals surface area contributed by atoms with Crippen molar-refractivity contribution < 1.29 is 14.3 Å². The number of nitrogens with two attached hydrogens (primary N) is 1. The van der Waals surface area contributed by atoms with Gasteiger partial charge in [-0.1, -0.05) is 28.1 Å². The monoisotopic (exact) mass is 428 g/mol. The molecular weight excluding hydrogens is 408 g/mol. The number of nitrogens with one attached hydrogen (secondary N) is 1. The molecule has 1 aromatic rings. The van der Waals surface area contributed by atoms with Crippen LogP contribution in [0, 0.1) is 12.8 Å². The fraction of sp³-hybridized carbons (Fsp3) is 0.222. The van der Waals surface area contributed by atoms with Gasteiger partial charge in [-0.3, -0.25) is 9.59 Å². The molecule has 0 radical (unpaired) electrons. The summed E-state index contributed by atoms with van der Waals surface area (Å²) >= 11 is 7.91. The number of hydrogen-bond donors (Lipinski definition) is 2. The fourth-order valence-corrected chi connectivity index (χ4v) is 1.81. The van der Waals surface area contributed by atoms with E-state index in [1.54, 1.807) is 18.2 Å². The molecule has 25 heavy (non-hydrogen) atoms. The van der Waals surface area contributed by atoms with Gasteiger partial charge in [0, 0.05) is 23.0 Å². The number of amides is 2. The van der Waals surface area contributed by atoms with Crippen molar-refractivity contribution in [2.45, 2.75) is 6.92 Å². The van der Waals surface area contributed by atoms with Crippen LogP contribution in [0.5, 0.6) is 5.75 Å². The number of terminal acetylenes is 1. The number of methoxy groups -OCH3 is 1. The third-order valence-electron chi connectivity index (χ3n) is 2.68. The van der Waals surface area contributed by atoms with Gasteiger partial charge in [-0.2, -0.15) is 0 Å². The zero-order valence-corrected chi connectivity index (χ0v) is 16.7. The normalized spacial score (nSPS) is 9.96. The summed E-state index contributed by atoms with van der Waals surface area (Å²) in [7, 11) is 1.46. The predicted octanol–water partition coefficient (Wildman–Crippen LogP) is 3.48. The molecule has 0 aromatic heterocycles. The molecule has 0 aliphatic heterocycles. The second kappa shape index (κ2) is 15.3. The molecule has 0 bridgehead atoms. The van der Waals surface area contributed by atoms with Crippen molar-refractivity contribution in [1.29, 1.82) is 0 Å². The predicted molar refractivity (Wildman–Crippen MR) is 107 cm³/mol. The topological polar surface area (TPSA) is 81.4 Å². The number of carbonyl (C=O) groups excluding carboxylic acids is 2. The van der Waals surface area contributed by atoms with Crippen LogP contribution in [-0.4, -0.2) is 30.6 Å². The van der Waals surface area contributed by atoms with Gasteiger partial charge in [0.2, 0.25) is 5.91 Å². The number of carbonyl (C=O) groups is 2. The summed E-state index contributed by atoms with van der Waals surface area (Å²) in [6, 6.07) is 4.47. The molecule has 2 amide bonds. The third kappa shape index (κ3) is 8.99. The fourth-order valence-electron chi connectivity index (χ4n) is 1.62. The molecule has 0 atom stereocenters. The van der Waals surface area contributed by atoms with Gasteiger partial charge in [0.15, 0.2) is 0 Å². The summed E-state index contributed by atoms with van der Waals surface area (Å²) in [6.45, 7) is 1.81. The maximum atomic E-state index is 12.3. The number of halogens is 2. The Labute approximate surface area is 162 Å². The van der Waals surface area contributed by atoms with E-state index in [0.717, 1.165) is 0 Å². The largest absolute Gasteiger partial charge is 0.496 e. The lowest BCUT2D eigenvalue weighted by atomic mass is 10.1. The highest BCUT2D eigenvalue weighted by Crippen LogP contribution is 2.20. The van der Waals surface area contributed by atoms with Crippen LogP contribution in [0.15, 0.2) is 42.1 Å². The van der Waals surface area contributed by atoms with E-state index < -0.39 is 5.91 Å². The molecule has 0 aliphatic carbocycles. The molecule has 0 saturated heterocycles. The van der Waals surface area contributed by atoms with Gasteiger partial charge in [0.05, 0.1) is 12.7 Å². The van der Waals surface area contributed by atoms with E-state index >= 15 is 0 Å². The molecule has 1 rings (SSSR count). The van der Waals surface area contributed by atoms with Crippen molar-refractivity contribution in [3.8, 4) is 18.6 Å². The van der Waals surface area contributed by atoms with Crippen LogP contribution in [-0.2, 0) is 0 Å². The summed E-state index contributed by atoms with van der Waals surface area (Å²) in [5, 5.41) is 3.42. The first-order valence-electron chi connectivity index (χ1n) is 6.92. The number of hydrogen-bond acceptors (Lipinski definition) is 3. The lowest BCUT2D eigenvalue weighted by Crippen LogP contribution is -2.23. The molecule has 136 valence electrons. The minimum atomic E-state index is -0.600. The molecule has 0 aliphatic rings. The first kappa shape index (κ1) is 25.0. The Kier molecular flexibility index (Phi) is 15.3. The average Bonchev–Trinajstić information content (AvgIpc) is 2.67. The zero-order valence-electron chi connectivity index (χ0n) is 14.4. The van der Waals surface area contributed by atoms with E-state index in [1.165, 1.54) is 25.6 Å². The molecule has 5 nitrogen and oxygen atoms in total. The van der Waals surface area contributed by atoms with Gasteiger partial charge in [-0.05, 0) is 31.2 Å². The van der Waals surface area contributed by atoms with E-state index in [2.05, 4.69) is 45.7 Å². The minimum Gasteiger partial charge on any atom is -0.496 e. The van der Waals surface area contributed by atoms with Gasteiger partial charge in [0.25, 0.3) is 5.91 Å². The molecule has 7 heteroatoms. The second-order valence-electron chi connectivity index (χ2n) is 4.03. The standard InChI is InChI=1S/C15H17BrN2O3.C2H2.CH3Cl/c1-3-11(5-4-8-16)18-15(20)12-9-10(14(17)19)6-7-13(12)21-2;2*1-2/h3-7,9H,8H2,1-2H3,(H2,17,19)(H,18,20);1-2H;1H3/b5-4-,11-3+;;. The van der Waals surface area contributed by atoms with Crippen LogP contribution in [0.3, 0.4) is 0 Å². The second-order valence-corrected chi connectivity index (χ2v) is 4.68. The number of benzene rings is 1. The summed E-state index contributed by atoms with van der Waals surface area (Å²) in [5.74, 6) is -0.600. The van der Waals surface area contributed by atoms with E-state index in [1.807, 2.05) is 13.0 Å². The SMILES string of the molecule is C#C.C/C=C(\C=C/CBr)NC(=O)c1cc(C(N)=O)ccc1OC.CCl. The van der Waals surface area contributed by atoms with Crippen molar-refractivity contribution in [3.63, 3.8) is 0 Å². The van der Waals surface area contributed by atoms with Gasteiger partial charge < -0.3 is 15.8 Å². The minimum absolute atomic E-state index is 0.249. The number of allylic oxidation sites excluding steroid dienone is 3. The number of alkyl halides is 2. The van der Waals surface area contributed by atoms with Gasteiger partial charge >= 0.3 is 0 Å². The summed E-state index contributed by atoms with van der Waals surface area (Å²) in [6.07, 6.45) is 14.9. The summed E-state index contributed by atoms with van der Waals surface area (Å²) in [4.78, 5) is 23.5. The Bertz CT molecular complexity index is 640. The number of ether oxygens (including phenoxy) is 1. The molecule has 0 spiro atoms. The van der Waals surface area contributed by atoms with Crippen molar-refractivity contribution in [2.75, 3.05) is 18.8 Å². The Balaban J connectivity index is 0. The molecular formula is C18H22BrClN2O3. The van der Waals surface area contributed by atoms with E-state index in [-0.39, 0.29) is 17.0 Å². The number of rotatable bonds is 6. The third-order valence-corrected chi connectivity index (χ3v) is 3.06. The first-order chi connectivity index (χ1) is 12.0. The highest BCUT2D eigenvalue weighted by Gasteiger charge is 2.15. The molecule has 0 heterocycles. The van der Waals surface area contributed by atoms with E-state index in [4.69, 9.17) is 10.5 Å². The Morgan fingerprint density at radius 3 is 2.40 bits per heavy atom. The maximum absolute atomic E-state index is 12.3. The van der Waals surface area contributed by atoms with Crippen molar-refractivity contribution >= 4 is 39.3 Å². The first-order valence-corrected chi connectivity index (χ1v) is 8.80. The van der Waals surface area contributed by atoms with Gasteiger partial charge in [-0.25, -0.2) is 0 Å².